The highest BCUT2D eigenvalue weighted by Crippen LogP contribution is 2.32. The highest BCUT2D eigenvalue weighted by Gasteiger charge is 2.23. The fourth-order valence-corrected chi connectivity index (χ4v) is 1.72. The van der Waals surface area contributed by atoms with Crippen LogP contribution in [-0.4, -0.2) is 5.91 Å². The lowest BCUT2D eigenvalue weighted by atomic mass is 10.2. The topological polar surface area (TPSA) is 29.1 Å². The van der Waals surface area contributed by atoms with Gasteiger partial charge in [-0.25, -0.2) is 0 Å². The summed E-state index contributed by atoms with van der Waals surface area (Å²) in [7, 11) is 0. The number of hydrogen-bond donors (Lipinski definition) is 1. The third-order valence-electron chi connectivity index (χ3n) is 2.57. The third-order valence-corrected chi connectivity index (χ3v) is 3.10. The number of carbonyl (C=O) groups is 1. The Morgan fingerprint density at radius 1 is 1.33 bits per heavy atom. The zero-order valence-electron chi connectivity index (χ0n) is 8.50. The van der Waals surface area contributed by atoms with Crippen LogP contribution in [0.2, 0.25) is 0 Å². The molecule has 80 valence electrons. The van der Waals surface area contributed by atoms with Crippen molar-refractivity contribution in [3.8, 4) is 0 Å². The minimum Gasteiger partial charge on any atom is -0.352 e. The summed E-state index contributed by atoms with van der Waals surface area (Å²) in [5.74, 6) is 0.843. The maximum Gasteiger partial charge on any atom is 0.220 e. The van der Waals surface area contributed by atoms with Gasteiger partial charge in [0.2, 0.25) is 5.91 Å². The molecule has 0 radical (unpaired) electrons. The van der Waals surface area contributed by atoms with Crippen LogP contribution in [0.4, 0.5) is 0 Å². The number of halogens is 1. The van der Waals surface area contributed by atoms with Gasteiger partial charge in [0.25, 0.3) is 0 Å². The molecule has 1 aromatic rings. The molecule has 1 aliphatic rings. The number of amides is 1. The Morgan fingerprint density at radius 3 is 2.60 bits per heavy atom. The zero-order valence-corrected chi connectivity index (χ0v) is 10.1. The Kier molecular flexibility index (Phi) is 3.41. The molecule has 0 saturated heterocycles. The molecule has 0 bridgehead atoms. The predicted molar refractivity (Wildman–Crippen MR) is 63.3 cm³/mol. The van der Waals surface area contributed by atoms with Gasteiger partial charge < -0.3 is 5.32 Å². The van der Waals surface area contributed by atoms with Crippen molar-refractivity contribution >= 4 is 21.8 Å². The van der Waals surface area contributed by atoms with Crippen molar-refractivity contribution in [1.82, 2.24) is 5.32 Å². The zero-order chi connectivity index (χ0) is 10.7. The monoisotopic (exact) mass is 267 g/mol. The van der Waals surface area contributed by atoms with Gasteiger partial charge in [0, 0.05) is 17.4 Å². The van der Waals surface area contributed by atoms with E-state index < -0.39 is 0 Å². The van der Waals surface area contributed by atoms with Crippen molar-refractivity contribution in [2.45, 2.75) is 25.8 Å². The molecule has 0 aliphatic heterocycles. The predicted octanol–water partition coefficient (Wildman–Crippen LogP) is 2.87. The molecule has 1 saturated carbocycles. The Balaban J connectivity index is 1.76. The average Bonchev–Trinajstić information content (AvgIpc) is 3.01. The summed E-state index contributed by atoms with van der Waals surface area (Å²) in [5, 5.41) is 2.94. The van der Waals surface area contributed by atoms with Gasteiger partial charge in [-0.15, -0.1) is 0 Å². The van der Waals surface area contributed by atoms with E-state index in [1.807, 2.05) is 24.3 Å². The van der Waals surface area contributed by atoms with Gasteiger partial charge in [0.15, 0.2) is 0 Å². The normalized spacial score (nSPS) is 15.0. The summed E-state index contributed by atoms with van der Waals surface area (Å²) >= 11 is 3.38. The molecule has 1 fully saturated rings. The average molecular weight is 268 g/mol. The first kappa shape index (κ1) is 10.7. The van der Waals surface area contributed by atoms with Crippen LogP contribution in [0.3, 0.4) is 0 Å². The summed E-state index contributed by atoms with van der Waals surface area (Å²) in [4.78, 5) is 11.4. The van der Waals surface area contributed by atoms with E-state index in [0.717, 1.165) is 10.0 Å². The van der Waals surface area contributed by atoms with Gasteiger partial charge in [-0.3, -0.25) is 4.79 Å². The van der Waals surface area contributed by atoms with E-state index in [4.69, 9.17) is 0 Å². The van der Waals surface area contributed by atoms with Crippen LogP contribution in [0, 0.1) is 5.92 Å². The van der Waals surface area contributed by atoms with Crippen LogP contribution < -0.4 is 5.32 Å². The smallest absolute Gasteiger partial charge is 0.220 e. The lowest BCUT2D eigenvalue weighted by Crippen LogP contribution is -2.22. The molecular formula is C12H14BrNO. The summed E-state index contributed by atoms with van der Waals surface area (Å²) < 4.78 is 1.07. The van der Waals surface area contributed by atoms with Crippen molar-refractivity contribution in [2.24, 2.45) is 5.92 Å². The van der Waals surface area contributed by atoms with E-state index in [0.29, 0.717) is 18.9 Å². The quantitative estimate of drug-likeness (QED) is 0.893. The van der Waals surface area contributed by atoms with Gasteiger partial charge in [-0.05, 0) is 36.5 Å². The van der Waals surface area contributed by atoms with Crippen molar-refractivity contribution in [2.75, 3.05) is 0 Å². The molecule has 15 heavy (non-hydrogen) atoms. The molecule has 0 heterocycles. The molecular weight excluding hydrogens is 254 g/mol. The van der Waals surface area contributed by atoms with E-state index in [9.17, 15) is 4.79 Å². The molecule has 1 aliphatic carbocycles. The molecule has 0 unspecified atom stereocenters. The maximum atomic E-state index is 11.4. The second-order valence-corrected chi connectivity index (χ2v) is 4.97. The van der Waals surface area contributed by atoms with Gasteiger partial charge in [-0.2, -0.15) is 0 Å². The molecule has 0 aromatic heterocycles. The summed E-state index contributed by atoms with van der Waals surface area (Å²) in [6, 6.07) is 8.01. The first-order valence-corrected chi connectivity index (χ1v) is 6.04. The summed E-state index contributed by atoms with van der Waals surface area (Å²) in [5.41, 5.74) is 1.14. The van der Waals surface area contributed by atoms with Gasteiger partial charge >= 0.3 is 0 Å². The Hall–Kier alpha value is -0.830. The minimum absolute atomic E-state index is 0.181. The van der Waals surface area contributed by atoms with Crippen LogP contribution in [-0.2, 0) is 11.3 Å². The van der Waals surface area contributed by atoms with Crippen LogP contribution >= 0.6 is 15.9 Å². The Bertz CT molecular complexity index is 343. The molecule has 1 N–H and O–H groups in total. The molecule has 2 nitrogen and oxygen atoms in total. The van der Waals surface area contributed by atoms with Gasteiger partial charge in [0.05, 0.1) is 0 Å². The van der Waals surface area contributed by atoms with E-state index in [2.05, 4.69) is 21.2 Å². The van der Waals surface area contributed by atoms with Gasteiger partial charge in [-0.1, -0.05) is 28.1 Å². The highest BCUT2D eigenvalue weighted by atomic mass is 79.9. The Morgan fingerprint density at radius 2 is 2.00 bits per heavy atom. The van der Waals surface area contributed by atoms with Crippen molar-refractivity contribution in [3.63, 3.8) is 0 Å². The first-order valence-electron chi connectivity index (χ1n) is 5.25. The van der Waals surface area contributed by atoms with Crippen LogP contribution in [0.25, 0.3) is 0 Å². The number of carbonyl (C=O) groups excluding carboxylic acids is 1. The van der Waals surface area contributed by atoms with E-state index >= 15 is 0 Å². The molecule has 3 heteroatoms. The van der Waals surface area contributed by atoms with E-state index in [1.54, 1.807) is 0 Å². The number of hydrogen-bond acceptors (Lipinski definition) is 1. The molecule has 0 atom stereocenters. The molecule has 1 aromatic carbocycles. The standard InChI is InChI=1S/C12H14BrNO/c13-11-5-3-10(4-6-11)8-14-12(15)7-9-1-2-9/h3-6,9H,1-2,7-8H2,(H,14,15). The van der Waals surface area contributed by atoms with Gasteiger partial charge in [0.1, 0.15) is 0 Å². The molecule has 1 amide bonds. The highest BCUT2D eigenvalue weighted by molar-refractivity contribution is 9.10. The molecule has 0 spiro atoms. The molecule has 2 rings (SSSR count). The number of rotatable bonds is 4. The minimum atomic E-state index is 0.181. The fraction of sp³-hybridized carbons (Fsp3) is 0.417. The SMILES string of the molecule is O=C(CC1CC1)NCc1ccc(Br)cc1. The summed E-state index contributed by atoms with van der Waals surface area (Å²) in [6.07, 6.45) is 3.16. The van der Waals surface area contributed by atoms with E-state index in [1.165, 1.54) is 12.8 Å². The van der Waals surface area contributed by atoms with Crippen molar-refractivity contribution in [3.05, 3.63) is 34.3 Å². The second-order valence-electron chi connectivity index (χ2n) is 4.05. The number of nitrogens with one attached hydrogen (secondary N) is 1. The number of benzene rings is 1. The first-order chi connectivity index (χ1) is 7.24. The largest absolute Gasteiger partial charge is 0.352 e. The third kappa shape index (κ3) is 3.67. The lowest BCUT2D eigenvalue weighted by molar-refractivity contribution is -0.121. The maximum absolute atomic E-state index is 11.4. The van der Waals surface area contributed by atoms with Crippen LogP contribution in [0.5, 0.6) is 0 Å². The van der Waals surface area contributed by atoms with Crippen LogP contribution in [0.15, 0.2) is 28.7 Å². The van der Waals surface area contributed by atoms with Crippen molar-refractivity contribution in [1.29, 1.82) is 0 Å². The van der Waals surface area contributed by atoms with E-state index in [-0.39, 0.29) is 5.91 Å². The fourth-order valence-electron chi connectivity index (χ4n) is 1.46. The van der Waals surface area contributed by atoms with Crippen molar-refractivity contribution < 1.29 is 4.79 Å². The van der Waals surface area contributed by atoms with Crippen LogP contribution in [0.1, 0.15) is 24.8 Å². The Labute approximate surface area is 98.2 Å². The summed E-state index contributed by atoms with van der Waals surface area (Å²) in [6.45, 7) is 0.638. The lowest BCUT2D eigenvalue weighted by Gasteiger charge is -2.04. The second kappa shape index (κ2) is 4.79.